The number of aliphatic hydroxyl groups is 1. The smallest absolute Gasteiger partial charge is 0.303 e. The second kappa shape index (κ2) is 6.04. The maximum Gasteiger partial charge on any atom is 0.303 e. The van der Waals surface area contributed by atoms with Gasteiger partial charge in [0.2, 0.25) is 0 Å². The number of aliphatic hydroxyl groups excluding tert-OH is 1. The zero-order chi connectivity index (χ0) is 13.8. The van der Waals surface area contributed by atoms with Crippen molar-refractivity contribution < 1.29 is 24.1 Å². The number of rotatable bonds is 3. The molecule has 19 heavy (non-hydrogen) atoms. The first kappa shape index (κ1) is 13.8. The van der Waals surface area contributed by atoms with Crippen LogP contribution in [0.2, 0.25) is 0 Å². The highest BCUT2D eigenvalue weighted by atomic mass is 16.6. The fourth-order valence-electron chi connectivity index (χ4n) is 2.16. The maximum atomic E-state index is 10.9. The van der Waals surface area contributed by atoms with E-state index < -0.39 is 18.2 Å². The van der Waals surface area contributed by atoms with Gasteiger partial charge in [0.15, 0.2) is 6.10 Å². The number of carbonyl (C=O) groups is 1. The number of esters is 1. The van der Waals surface area contributed by atoms with E-state index in [-0.39, 0.29) is 12.7 Å². The molecule has 3 atom stereocenters. The van der Waals surface area contributed by atoms with E-state index in [2.05, 4.69) is 0 Å². The van der Waals surface area contributed by atoms with Gasteiger partial charge >= 0.3 is 5.97 Å². The molecule has 1 aromatic rings. The molecule has 0 unspecified atom stereocenters. The van der Waals surface area contributed by atoms with Crippen molar-refractivity contribution in [3.8, 4) is 5.75 Å². The Morgan fingerprint density at radius 1 is 1.47 bits per heavy atom. The lowest BCUT2D eigenvalue weighted by atomic mass is 9.97. The van der Waals surface area contributed by atoms with Crippen molar-refractivity contribution in [3.63, 3.8) is 0 Å². The third kappa shape index (κ3) is 3.45. The van der Waals surface area contributed by atoms with Gasteiger partial charge in [-0.1, -0.05) is 12.1 Å². The Kier molecular flexibility index (Phi) is 4.39. The summed E-state index contributed by atoms with van der Waals surface area (Å²) in [6.45, 7) is 1.52. The van der Waals surface area contributed by atoms with Crippen molar-refractivity contribution >= 4 is 5.97 Å². The van der Waals surface area contributed by atoms with E-state index in [9.17, 15) is 9.90 Å². The monoisotopic (exact) mass is 266 g/mol. The van der Waals surface area contributed by atoms with Crippen LogP contribution >= 0.6 is 0 Å². The standard InChI is InChI=1S/C14H18O5/c1-9(15)19-14-8-18-13(7-12(14)16)10-4-3-5-11(6-10)17-2/h3-6,12-14,16H,7-8H2,1-2H3/t12-,13+,14-/m0/s1. The van der Waals surface area contributed by atoms with Crippen LogP contribution in [-0.2, 0) is 14.3 Å². The lowest BCUT2D eigenvalue weighted by molar-refractivity contribution is -0.173. The van der Waals surface area contributed by atoms with Crippen LogP contribution in [0, 0.1) is 0 Å². The van der Waals surface area contributed by atoms with Gasteiger partial charge in [0.25, 0.3) is 0 Å². The molecule has 1 fully saturated rings. The van der Waals surface area contributed by atoms with Crippen LogP contribution in [0.15, 0.2) is 24.3 Å². The SMILES string of the molecule is COc1cccc([C@H]2C[C@H](O)[C@@H](OC(C)=O)CO2)c1. The van der Waals surface area contributed by atoms with E-state index in [1.807, 2.05) is 24.3 Å². The zero-order valence-electron chi connectivity index (χ0n) is 11.0. The molecule has 0 aliphatic carbocycles. The molecular formula is C14H18O5. The summed E-state index contributed by atoms with van der Waals surface area (Å²) in [5.74, 6) is 0.338. The molecule has 1 aromatic carbocycles. The molecular weight excluding hydrogens is 248 g/mol. The van der Waals surface area contributed by atoms with Crippen molar-refractivity contribution in [2.45, 2.75) is 31.7 Å². The quantitative estimate of drug-likeness (QED) is 0.839. The average Bonchev–Trinajstić information content (AvgIpc) is 2.40. The van der Waals surface area contributed by atoms with Crippen molar-refractivity contribution in [2.75, 3.05) is 13.7 Å². The van der Waals surface area contributed by atoms with Gasteiger partial charge in [0.1, 0.15) is 5.75 Å². The first-order chi connectivity index (χ1) is 9.10. The predicted molar refractivity (Wildman–Crippen MR) is 67.9 cm³/mol. The van der Waals surface area contributed by atoms with Gasteiger partial charge in [-0.2, -0.15) is 0 Å². The summed E-state index contributed by atoms with van der Waals surface area (Å²) in [6.07, 6.45) is -1.12. The van der Waals surface area contributed by atoms with Crippen molar-refractivity contribution in [1.29, 1.82) is 0 Å². The second-order valence-corrected chi connectivity index (χ2v) is 4.55. The Labute approximate surface area is 112 Å². The number of carbonyl (C=O) groups excluding carboxylic acids is 1. The Morgan fingerprint density at radius 2 is 2.26 bits per heavy atom. The topological polar surface area (TPSA) is 65.0 Å². The molecule has 5 heteroatoms. The summed E-state index contributed by atoms with van der Waals surface area (Å²) in [5.41, 5.74) is 0.944. The van der Waals surface area contributed by atoms with E-state index >= 15 is 0 Å². The number of ether oxygens (including phenoxy) is 3. The van der Waals surface area contributed by atoms with Crippen molar-refractivity contribution in [3.05, 3.63) is 29.8 Å². The van der Waals surface area contributed by atoms with Crippen LogP contribution in [0.1, 0.15) is 25.0 Å². The molecule has 1 saturated heterocycles. The molecule has 0 spiro atoms. The number of hydrogen-bond acceptors (Lipinski definition) is 5. The summed E-state index contributed by atoms with van der Waals surface area (Å²) < 4.78 is 15.8. The van der Waals surface area contributed by atoms with Crippen LogP contribution in [0.25, 0.3) is 0 Å². The van der Waals surface area contributed by atoms with E-state index in [1.165, 1.54) is 6.92 Å². The van der Waals surface area contributed by atoms with Gasteiger partial charge in [0.05, 0.1) is 25.9 Å². The number of hydrogen-bond donors (Lipinski definition) is 1. The third-order valence-electron chi connectivity index (χ3n) is 3.13. The minimum absolute atomic E-state index is 0.197. The van der Waals surface area contributed by atoms with Crippen molar-refractivity contribution in [2.24, 2.45) is 0 Å². The Bertz CT molecular complexity index is 445. The maximum absolute atomic E-state index is 10.9. The molecule has 0 amide bonds. The van der Waals surface area contributed by atoms with Crippen LogP contribution in [0.3, 0.4) is 0 Å². The van der Waals surface area contributed by atoms with Gasteiger partial charge < -0.3 is 19.3 Å². The highest BCUT2D eigenvalue weighted by molar-refractivity contribution is 5.66. The molecule has 104 valence electrons. The van der Waals surface area contributed by atoms with Crippen LogP contribution < -0.4 is 4.74 Å². The fourth-order valence-corrected chi connectivity index (χ4v) is 2.16. The lowest BCUT2D eigenvalue weighted by Crippen LogP contribution is -2.41. The van der Waals surface area contributed by atoms with Crippen LogP contribution in [0.5, 0.6) is 5.75 Å². The van der Waals surface area contributed by atoms with Gasteiger partial charge in [-0.3, -0.25) is 4.79 Å². The highest BCUT2D eigenvalue weighted by Crippen LogP contribution is 2.31. The fraction of sp³-hybridized carbons (Fsp3) is 0.500. The number of methoxy groups -OCH3 is 1. The minimum Gasteiger partial charge on any atom is -0.497 e. The summed E-state index contributed by atoms with van der Waals surface area (Å²) >= 11 is 0. The van der Waals surface area contributed by atoms with Gasteiger partial charge in [-0.25, -0.2) is 0 Å². The molecule has 1 aliphatic heterocycles. The van der Waals surface area contributed by atoms with Crippen LogP contribution in [-0.4, -0.2) is 37.0 Å². The summed E-state index contributed by atoms with van der Waals surface area (Å²) in [5, 5.41) is 9.99. The third-order valence-corrected chi connectivity index (χ3v) is 3.13. The van der Waals surface area contributed by atoms with Gasteiger partial charge in [0, 0.05) is 13.3 Å². The molecule has 0 saturated carbocycles. The van der Waals surface area contributed by atoms with Crippen molar-refractivity contribution in [1.82, 2.24) is 0 Å². The van der Waals surface area contributed by atoms with Gasteiger partial charge in [-0.05, 0) is 17.7 Å². The minimum atomic E-state index is -0.714. The first-order valence-corrected chi connectivity index (χ1v) is 6.21. The van der Waals surface area contributed by atoms with E-state index in [0.717, 1.165) is 11.3 Å². The normalized spacial score (nSPS) is 26.8. The van der Waals surface area contributed by atoms with E-state index in [1.54, 1.807) is 7.11 Å². The molecule has 0 bridgehead atoms. The van der Waals surface area contributed by atoms with E-state index in [0.29, 0.717) is 6.42 Å². The number of benzene rings is 1. The highest BCUT2D eigenvalue weighted by Gasteiger charge is 2.32. The molecule has 2 rings (SSSR count). The molecule has 1 N–H and O–H groups in total. The Hall–Kier alpha value is -1.59. The van der Waals surface area contributed by atoms with E-state index in [4.69, 9.17) is 14.2 Å². The van der Waals surface area contributed by atoms with Crippen LogP contribution in [0.4, 0.5) is 0 Å². The molecule has 0 radical (unpaired) electrons. The zero-order valence-corrected chi connectivity index (χ0v) is 11.0. The molecule has 1 aliphatic rings. The Balaban J connectivity index is 2.02. The molecule has 0 aromatic heterocycles. The first-order valence-electron chi connectivity index (χ1n) is 6.21. The lowest BCUT2D eigenvalue weighted by Gasteiger charge is -2.33. The Morgan fingerprint density at radius 3 is 2.89 bits per heavy atom. The molecule has 5 nitrogen and oxygen atoms in total. The van der Waals surface area contributed by atoms with Gasteiger partial charge in [-0.15, -0.1) is 0 Å². The second-order valence-electron chi connectivity index (χ2n) is 4.55. The summed E-state index contributed by atoms with van der Waals surface area (Å²) in [4.78, 5) is 10.9. The average molecular weight is 266 g/mol. The summed E-state index contributed by atoms with van der Waals surface area (Å²) in [6, 6.07) is 7.53. The largest absolute Gasteiger partial charge is 0.497 e. The summed E-state index contributed by atoms with van der Waals surface area (Å²) in [7, 11) is 1.60. The predicted octanol–water partition coefficient (Wildman–Crippen LogP) is 1.45. The molecule has 1 heterocycles.